The normalized spacial score (nSPS) is 14.5. The predicted molar refractivity (Wildman–Crippen MR) is 130 cm³/mol. The summed E-state index contributed by atoms with van der Waals surface area (Å²) in [4.78, 5) is 17.2. The molecule has 4 heteroatoms. The number of piperazine rings is 1. The lowest BCUT2D eigenvalue weighted by Gasteiger charge is -2.37. The molecule has 0 spiro atoms. The minimum atomic E-state index is -0.237. The highest BCUT2D eigenvalue weighted by atomic mass is 16.5. The van der Waals surface area contributed by atoms with Crippen molar-refractivity contribution in [3.8, 4) is 0 Å². The largest absolute Gasteiger partial charge is 0.462 e. The van der Waals surface area contributed by atoms with Gasteiger partial charge >= 0.3 is 5.97 Å². The summed E-state index contributed by atoms with van der Waals surface area (Å²) < 4.78 is 5.25. The van der Waals surface area contributed by atoms with E-state index >= 15 is 0 Å². The van der Waals surface area contributed by atoms with Gasteiger partial charge in [0.05, 0.1) is 17.9 Å². The van der Waals surface area contributed by atoms with Crippen LogP contribution < -0.4 is 4.90 Å². The molecule has 32 heavy (non-hydrogen) atoms. The molecular weight excluding hydrogens is 396 g/mol. The molecule has 0 radical (unpaired) electrons. The molecule has 166 valence electrons. The van der Waals surface area contributed by atoms with Crippen LogP contribution in [0.5, 0.6) is 0 Å². The average Bonchev–Trinajstić information content (AvgIpc) is 2.86. The van der Waals surface area contributed by atoms with E-state index in [-0.39, 0.29) is 5.97 Å². The first-order chi connectivity index (χ1) is 15.8. The Morgan fingerprint density at radius 1 is 0.812 bits per heavy atom. The van der Waals surface area contributed by atoms with E-state index in [1.54, 1.807) is 0 Å². The van der Waals surface area contributed by atoms with Crippen LogP contribution in [0.4, 0.5) is 5.69 Å². The number of ether oxygens (including phenoxy) is 1. The summed E-state index contributed by atoms with van der Waals surface area (Å²) in [5.41, 5.74) is 4.40. The van der Waals surface area contributed by atoms with Crippen molar-refractivity contribution in [2.24, 2.45) is 0 Å². The van der Waals surface area contributed by atoms with Crippen molar-refractivity contribution in [1.82, 2.24) is 4.90 Å². The Bertz CT molecular complexity index is 943. The third-order valence-corrected chi connectivity index (χ3v) is 6.25. The summed E-state index contributed by atoms with van der Waals surface area (Å²) in [6.07, 6.45) is 1.09. The van der Waals surface area contributed by atoms with E-state index in [9.17, 15) is 4.79 Å². The maximum absolute atomic E-state index is 12.4. The topological polar surface area (TPSA) is 32.8 Å². The smallest absolute Gasteiger partial charge is 0.340 e. The molecule has 3 aromatic carbocycles. The quantitative estimate of drug-likeness (QED) is 0.461. The highest BCUT2D eigenvalue weighted by molar-refractivity contribution is 5.95. The Morgan fingerprint density at radius 3 is 1.97 bits per heavy atom. The molecule has 1 fully saturated rings. The van der Waals surface area contributed by atoms with Crippen molar-refractivity contribution in [2.45, 2.75) is 19.3 Å². The van der Waals surface area contributed by atoms with Crippen molar-refractivity contribution in [2.75, 3.05) is 44.2 Å². The van der Waals surface area contributed by atoms with Crippen LogP contribution in [-0.4, -0.2) is 50.2 Å². The van der Waals surface area contributed by atoms with Crippen molar-refractivity contribution in [1.29, 1.82) is 0 Å². The SMILES string of the molecule is CCOC(=O)c1ccccc1N1CCN(CCC(c2ccccc2)c2ccccc2)CC1. The molecule has 0 N–H and O–H groups in total. The van der Waals surface area contributed by atoms with E-state index in [0.29, 0.717) is 18.1 Å². The molecule has 0 amide bonds. The summed E-state index contributed by atoms with van der Waals surface area (Å²) in [6, 6.07) is 29.4. The lowest BCUT2D eigenvalue weighted by molar-refractivity contribution is 0.0527. The average molecular weight is 429 g/mol. The fourth-order valence-corrected chi connectivity index (χ4v) is 4.55. The van der Waals surface area contributed by atoms with Crippen LogP contribution in [0, 0.1) is 0 Å². The second-order valence-corrected chi connectivity index (χ2v) is 8.23. The van der Waals surface area contributed by atoms with Gasteiger partial charge in [-0.1, -0.05) is 72.8 Å². The first-order valence-corrected chi connectivity index (χ1v) is 11.6. The van der Waals surface area contributed by atoms with Crippen LogP contribution >= 0.6 is 0 Å². The maximum Gasteiger partial charge on any atom is 0.340 e. The number of carbonyl (C=O) groups excluding carboxylic acids is 1. The van der Waals surface area contributed by atoms with Gasteiger partial charge in [0.1, 0.15) is 0 Å². The number of carbonyl (C=O) groups is 1. The minimum Gasteiger partial charge on any atom is -0.462 e. The second kappa shape index (κ2) is 11.0. The van der Waals surface area contributed by atoms with Gasteiger partial charge in [-0.3, -0.25) is 4.90 Å². The van der Waals surface area contributed by atoms with E-state index in [1.165, 1.54) is 11.1 Å². The van der Waals surface area contributed by atoms with E-state index in [4.69, 9.17) is 4.74 Å². The van der Waals surface area contributed by atoms with Crippen molar-refractivity contribution >= 4 is 11.7 Å². The van der Waals surface area contributed by atoms with Crippen LogP contribution in [0.3, 0.4) is 0 Å². The molecule has 0 bridgehead atoms. The first-order valence-electron chi connectivity index (χ1n) is 11.6. The standard InChI is InChI=1S/C28H32N2O2/c1-2-32-28(31)26-15-9-10-16-27(26)30-21-19-29(20-22-30)18-17-25(23-11-5-3-6-12-23)24-13-7-4-8-14-24/h3-16,25H,2,17-22H2,1H3. The highest BCUT2D eigenvalue weighted by Crippen LogP contribution is 2.29. The Labute approximate surface area is 191 Å². The number of anilines is 1. The fraction of sp³-hybridized carbons (Fsp3) is 0.321. The Kier molecular flexibility index (Phi) is 7.57. The van der Waals surface area contributed by atoms with Gasteiger partial charge in [0, 0.05) is 32.1 Å². The number of nitrogens with zero attached hydrogens (tertiary/aromatic N) is 2. The van der Waals surface area contributed by atoms with Crippen LogP contribution in [0.15, 0.2) is 84.9 Å². The molecular formula is C28H32N2O2. The van der Waals surface area contributed by atoms with Gasteiger partial charge < -0.3 is 9.64 Å². The van der Waals surface area contributed by atoms with Crippen LogP contribution in [0.2, 0.25) is 0 Å². The zero-order valence-corrected chi connectivity index (χ0v) is 18.8. The van der Waals surface area contributed by atoms with Crippen LogP contribution in [0.1, 0.15) is 40.7 Å². The molecule has 1 saturated heterocycles. The molecule has 4 rings (SSSR count). The Hall–Kier alpha value is -3.11. The molecule has 0 saturated carbocycles. The minimum absolute atomic E-state index is 0.237. The van der Waals surface area contributed by atoms with Gasteiger partial charge in [0.15, 0.2) is 0 Å². The number of esters is 1. The number of para-hydroxylation sites is 1. The molecule has 1 aliphatic heterocycles. The number of hydrogen-bond donors (Lipinski definition) is 0. The molecule has 3 aromatic rings. The zero-order chi connectivity index (χ0) is 22.2. The lowest BCUT2D eigenvalue weighted by Crippen LogP contribution is -2.47. The Balaban J connectivity index is 1.38. The zero-order valence-electron chi connectivity index (χ0n) is 18.8. The van der Waals surface area contributed by atoms with E-state index in [2.05, 4.69) is 70.5 Å². The third kappa shape index (κ3) is 5.38. The monoisotopic (exact) mass is 428 g/mol. The van der Waals surface area contributed by atoms with E-state index < -0.39 is 0 Å². The number of hydrogen-bond acceptors (Lipinski definition) is 4. The molecule has 0 aliphatic carbocycles. The van der Waals surface area contributed by atoms with Crippen LogP contribution in [0.25, 0.3) is 0 Å². The van der Waals surface area contributed by atoms with Gasteiger partial charge in [-0.15, -0.1) is 0 Å². The van der Waals surface area contributed by atoms with Gasteiger partial charge in [-0.2, -0.15) is 0 Å². The molecule has 0 atom stereocenters. The van der Waals surface area contributed by atoms with Gasteiger partial charge in [0.2, 0.25) is 0 Å². The molecule has 1 aliphatic rings. The first kappa shape index (κ1) is 22.1. The van der Waals surface area contributed by atoms with E-state index in [0.717, 1.165) is 44.8 Å². The van der Waals surface area contributed by atoms with Crippen molar-refractivity contribution in [3.63, 3.8) is 0 Å². The lowest BCUT2D eigenvalue weighted by atomic mass is 9.88. The van der Waals surface area contributed by atoms with Crippen molar-refractivity contribution in [3.05, 3.63) is 102 Å². The highest BCUT2D eigenvalue weighted by Gasteiger charge is 2.23. The Morgan fingerprint density at radius 2 is 1.38 bits per heavy atom. The van der Waals surface area contributed by atoms with Gasteiger partial charge in [-0.05, 0) is 43.1 Å². The maximum atomic E-state index is 12.4. The number of rotatable bonds is 8. The summed E-state index contributed by atoms with van der Waals surface area (Å²) in [6.45, 7) is 7.11. The molecule has 0 aromatic heterocycles. The fourth-order valence-electron chi connectivity index (χ4n) is 4.55. The van der Waals surface area contributed by atoms with Gasteiger partial charge in [-0.25, -0.2) is 4.79 Å². The molecule has 4 nitrogen and oxygen atoms in total. The molecule has 0 unspecified atom stereocenters. The van der Waals surface area contributed by atoms with Gasteiger partial charge in [0.25, 0.3) is 0 Å². The number of benzene rings is 3. The summed E-state index contributed by atoms with van der Waals surface area (Å²) >= 11 is 0. The van der Waals surface area contributed by atoms with E-state index in [1.807, 2.05) is 31.2 Å². The predicted octanol–water partition coefficient (Wildman–Crippen LogP) is 5.21. The molecule has 1 heterocycles. The third-order valence-electron chi connectivity index (χ3n) is 6.25. The van der Waals surface area contributed by atoms with Crippen molar-refractivity contribution < 1.29 is 9.53 Å². The van der Waals surface area contributed by atoms with Crippen LogP contribution in [-0.2, 0) is 4.74 Å². The summed E-state index contributed by atoms with van der Waals surface area (Å²) in [5.74, 6) is 0.166. The second-order valence-electron chi connectivity index (χ2n) is 8.23. The summed E-state index contributed by atoms with van der Waals surface area (Å²) in [7, 11) is 0. The summed E-state index contributed by atoms with van der Waals surface area (Å²) in [5, 5.41) is 0.